The highest BCUT2D eigenvalue weighted by atomic mass is 16.5. The van der Waals surface area contributed by atoms with Crippen molar-refractivity contribution < 1.29 is 4.74 Å². The molecule has 0 saturated carbocycles. The predicted molar refractivity (Wildman–Crippen MR) is 104 cm³/mol. The monoisotopic (exact) mass is 373 g/mol. The van der Waals surface area contributed by atoms with Crippen LogP contribution in [-0.4, -0.2) is 71.7 Å². The number of ether oxygens (including phenoxy) is 1. The van der Waals surface area contributed by atoms with Crippen LogP contribution in [0.5, 0.6) is 5.88 Å². The lowest BCUT2D eigenvalue weighted by Crippen LogP contribution is -2.35. The molecule has 0 spiro atoms. The fourth-order valence-corrected chi connectivity index (χ4v) is 3.21. The van der Waals surface area contributed by atoms with Crippen LogP contribution in [0.25, 0.3) is 0 Å². The maximum absolute atomic E-state index is 11.9. The first-order chi connectivity index (χ1) is 13.0. The van der Waals surface area contributed by atoms with Crippen molar-refractivity contribution in [2.45, 2.75) is 25.9 Å². The van der Waals surface area contributed by atoms with Gasteiger partial charge in [-0.2, -0.15) is 0 Å². The fraction of sp³-hybridized carbons (Fsp3) is 0.556. The zero-order valence-electron chi connectivity index (χ0n) is 16.3. The summed E-state index contributed by atoms with van der Waals surface area (Å²) < 4.78 is 5.47. The van der Waals surface area contributed by atoms with Gasteiger partial charge in [0.15, 0.2) is 0 Å². The van der Waals surface area contributed by atoms with E-state index in [1.165, 1.54) is 0 Å². The van der Waals surface area contributed by atoms with Crippen LogP contribution in [-0.2, 0) is 6.54 Å². The van der Waals surface area contributed by atoms with E-state index < -0.39 is 0 Å². The van der Waals surface area contributed by atoms with Crippen molar-refractivity contribution in [3.05, 3.63) is 34.5 Å². The Balaban J connectivity index is 1.65. The summed E-state index contributed by atoms with van der Waals surface area (Å²) in [5.74, 6) is 2.06. The predicted octanol–water partition coefficient (Wildman–Crippen LogP) is 0.735. The van der Waals surface area contributed by atoms with Gasteiger partial charge in [0.2, 0.25) is 11.8 Å². The highest BCUT2D eigenvalue weighted by Crippen LogP contribution is 2.23. The van der Waals surface area contributed by atoms with Crippen LogP contribution in [0.3, 0.4) is 0 Å². The first kappa shape index (κ1) is 19.1. The average molecular weight is 373 g/mol. The van der Waals surface area contributed by atoms with Crippen molar-refractivity contribution in [2.75, 3.05) is 50.6 Å². The number of anilines is 2. The second-order valence-corrected chi connectivity index (χ2v) is 6.91. The van der Waals surface area contributed by atoms with Gasteiger partial charge >= 0.3 is 0 Å². The third-order valence-corrected chi connectivity index (χ3v) is 4.65. The molecule has 2 aromatic rings. The summed E-state index contributed by atoms with van der Waals surface area (Å²) in [5, 5.41) is 0. The number of H-pyrrole nitrogens is 1. The number of hydrogen-bond donors (Lipinski definition) is 1. The van der Waals surface area contributed by atoms with E-state index in [1.54, 1.807) is 17.3 Å². The Kier molecular flexibility index (Phi) is 5.90. The Hall–Kier alpha value is -2.68. The van der Waals surface area contributed by atoms with Crippen LogP contribution in [0.2, 0.25) is 0 Å². The molecule has 0 bridgehead atoms. The standard InChI is InChI=1S/C18H27N7O2/c1-5-27-17-9-15(19-12-20-17)25-7-6-14(11-25)24(4)10-13-8-16(26)22-18(21-13)23(2)3/h8-9,12,14H,5-7,10-11H2,1-4H3,(H,21,22,26)/t14-/m1/s1. The lowest BCUT2D eigenvalue weighted by Gasteiger charge is -2.25. The molecule has 1 aliphatic rings. The molecule has 27 heavy (non-hydrogen) atoms. The third-order valence-electron chi connectivity index (χ3n) is 4.65. The molecule has 1 aliphatic heterocycles. The molecule has 9 heteroatoms. The van der Waals surface area contributed by atoms with E-state index in [-0.39, 0.29) is 5.56 Å². The molecule has 0 unspecified atom stereocenters. The fourth-order valence-electron chi connectivity index (χ4n) is 3.21. The minimum atomic E-state index is -0.130. The van der Waals surface area contributed by atoms with Gasteiger partial charge in [0.1, 0.15) is 12.1 Å². The van der Waals surface area contributed by atoms with E-state index in [0.717, 1.165) is 31.0 Å². The molecule has 9 nitrogen and oxygen atoms in total. The summed E-state index contributed by atoms with van der Waals surface area (Å²) in [7, 11) is 5.79. The molecule has 1 N–H and O–H groups in total. The normalized spacial score (nSPS) is 16.8. The van der Waals surface area contributed by atoms with Gasteiger partial charge in [0.25, 0.3) is 5.56 Å². The van der Waals surface area contributed by atoms with Gasteiger partial charge in [-0.25, -0.2) is 15.0 Å². The molecular formula is C18H27N7O2. The number of likely N-dealkylation sites (N-methyl/N-ethyl adjacent to an activating group) is 1. The zero-order valence-corrected chi connectivity index (χ0v) is 16.3. The maximum atomic E-state index is 11.9. The Bertz CT molecular complexity index is 823. The topological polar surface area (TPSA) is 90.5 Å². The third kappa shape index (κ3) is 4.73. The summed E-state index contributed by atoms with van der Waals surface area (Å²) >= 11 is 0. The summed E-state index contributed by atoms with van der Waals surface area (Å²) in [6.45, 7) is 4.93. The molecule has 3 heterocycles. The number of aromatic amines is 1. The van der Waals surface area contributed by atoms with Gasteiger partial charge in [0.05, 0.1) is 12.3 Å². The van der Waals surface area contributed by atoms with Crippen molar-refractivity contribution >= 4 is 11.8 Å². The SMILES string of the molecule is CCOc1cc(N2CC[C@@H](N(C)Cc3cc(=O)[nH]c(N(C)C)n3)C2)ncn1. The molecule has 0 aromatic carbocycles. The van der Waals surface area contributed by atoms with E-state index in [4.69, 9.17) is 4.74 Å². The number of nitrogens with one attached hydrogen (secondary N) is 1. The second kappa shape index (κ2) is 8.34. The Labute approximate surface area is 159 Å². The molecule has 0 amide bonds. The van der Waals surface area contributed by atoms with Crippen molar-refractivity contribution in [3.8, 4) is 5.88 Å². The van der Waals surface area contributed by atoms with Crippen LogP contribution in [0, 0.1) is 0 Å². The Morgan fingerprint density at radius 3 is 2.85 bits per heavy atom. The van der Waals surface area contributed by atoms with Crippen molar-refractivity contribution in [1.29, 1.82) is 0 Å². The molecule has 0 radical (unpaired) electrons. The van der Waals surface area contributed by atoms with Crippen LogP contribution < -0.4 is 20.1 Å². The van der Waals surface area contributed by atoms with Gasteiger partial charge < -0.3 is 14.5 Å². The second-order valence-electron chi connectivity index (χ2n) is 6.91. The minimum absolute atomic E-state index is 0.130. The lowest BCUT2D eigenvalue weighted by molar-refractivity contribution is 0.247. The molecule has 146 valence electrons. The number of hydrogen-bond acceptors (Lipinski definition) is 8. The van der Waals surface area contributed by atoms with Crippen LogP contribution in [0.15, 0.2) is 23.3 Å². The van der Waals surface area contributed by atoms with Gasteiger partial charge in [-0.05, 0) is 20.4 Å². The highest BCUT2D eigenvalue weighted by Gasteiger charge is 2.27. The van der Waals surface area contributed by atoms with E-state index in [0.29, 0.717) is 31.0 Å². The zero-order chi connectivity index (χ0) is 19.4. The largest absolute Gasteiger partial charge is 0.478 e. The van der Waals surface area contributed by atoms with Gasteiger partial charge in [-0.15, -0.1) is 0 Å². The first-order valence-electron chi connectivity index (χ1n) is 9.14. The van der Waals surface area contributed by atoms with Gasteiger partial charge in [-0.3, -0.25) is 14.7 Å². The maximum Gasteiger partial charge on any atom is 0.252 e. The van der Waals surface area contributed by atoms with Gasteiger partial charge in [0, 0.05) is 51.9 Å². The van der Waals surface area contributed by atoms with E-state index in [2.05, 4.69) is 36.8 Å². The lowest BCUT2D eigenvalue weighted by atomic mass is 10.2. The van der Waals surface area contributed by atoms with E-state index in [1.807, 2.05) is 27.1 Å². The Morgan fingerprint density at radius 1 is 1.30 bits per heavy atom. The van der Waals surface area contributed by atoms with Crippen LogP contribution in [0.1, 0.15) is 19.0 Å². The molecule has 1 saturated heterocycles. The van der Waals surface area contributed by atoms with Crippen LogP contribution in [0.4, 0.5) is 11.8 Å². The minimum Gasteiger partial charge on any atom is -0.478 e. The Morgan fingerprint density at radius 2 is 2.11 bits per heavy atom. The summed E-state index contributed by atoms with van der Waals surface area (Å²) in [5.41, 5.74) is 0.638. The molecular weight excluding hydrogens is 346 g/mol. The summed E-state index contributed by atoms with van der Waals surface area (Å²) in [6.07, 6.45) is 2.56. The summed E-state index contributed by atoms with van der Waals surface area (Å²) in [6, 6.07) is 3.81. The smallest absolute Gasteiger partial charge is 0.252 e. The highest BCUT2D eigenvalue weighted by molar-refractivity contribution is 5.42. The number of nitrogens with zero attached hydrogens (tertiary/aromatic N) is 6. The molecule has 2 aromatic heterocycles. The van der Waals surface area contributed by atoms with Crippen molar-refractivity contribution in [1.82, 2.24) is 24.8 Å². The quantitative estimate of drug-likeness (QED) is 0.760. The van der Waals surface area contributed by atoms with Crippen molar-refractivity contribution in [3.63, 3.8) is 0 Å². The molecule has 3 rings (SSSR count). The summed E-state index contributed by atoms with van der Waals surface area (Å²) in [4.78, 5) is 33.9. The molecule has 1 fully saturated rings. The molecule has 0 aliphatic carbocycles. The number of rotatable bonds is 7. The van der Waals surface area contributed by atoms with E-state index in [9.17, 15) is 4.79 Å². The van der Waals surface area contributed by atoms with Crippen LogP contribution >= 0.6 is 0 Å². The van der Waals surface area contributed by atoms with Gasteiger partial charge in [-0.1, -0.05) is 0 Å². The van der Waals surface area contributed by atoms with E-state index >= 15 is 0 Å². The molecule has 1 atom stereocenters. The first-order valence-corrected chi connectivity index (χ1v) is 9.14. The number of aromatic nitrogens is 4. The average Bonchev–Trinajstić information content (AvgIpc) is 3.12. The van der Waals surface area contributed by atoms with Crippen molar-refractivity contribution in [2.24, 2.45) is 0 Å².